The van der Waals surface area contributed by atoms with Gasteiger partial charge in [0.2, 0.25) is 0 Å². The van der Waals surface area contributed by atoms with E-state index in [-0.39, 0.29) is 24.1 Å². The lowest BCUT2D eigenvalue weighted by Crippen LogP contribution is -2.63. The molecule has 0 aromatic heterocycles. The fourth-order valence-corrected chi connectivity index (χ4v) is 5.58. The van der Waals surface area contributed by atoms with Crippen molar-refractivity contribution in [3.63, 3.8) is 0 Å². The third-order valence-electron chi connectivity index (χ3n) is 6.55. The van der Waals surface area contributed by atoms with Crippen molar-refractivity contribution in [3.05, 3.63) is 0 Å². The Kier molecular flexibility index (Phi) is 13.1. The van der Waals surface area contributed by atoms with E-state index >= 15 is 0 Å². The Bertz CT molecular complexity index is 598. The van der Waals surface area contributed by atoms with Crippen molar-refractivity contribution in [1.82, 2.24) is 15.1 Å². The summed E-state index contributed by atoms with van der Waals surface area (Å²) in [4.78, 5) is 33.2. The van der Waals surface area contributed by atoms with Crippen LogP contribution < -0.4 is 5.32 Å². The number of hydrogen-bond acceptors (Lipinski definition) is 5. The molecule has 2 atom stereocenters. The lowest BCUT2D eigenvalue weighted by atomic mass is 10.1. The van der Waals surface area contributed by atoms with Gasteiger partial charge in [0.15, 0.2) is 17.4 Å². The summed E-state index contributed by atoms with van der Waals surface area (Å²) < 4.78 is 0. The van der Waals surface area contributed by atoms with Crippen molar-refractivity contribution in [1.29, 1.82) is 0 Å². The first-order chi connectivity index (χ1) is 15.6. The Hall–Kier alpha value is -1.24. The summed E-state index contributed by atoms with van der Waals surface area (Å²) in [5.41, 5.74) is 0. The van der Waals surface area contributed by atoms with Crippen LogP contribution in [0, 0.1) is 0 Å². The number of carbonyl (C=O) groups is 2. The van der Waals surface area contributed by atoms with Gasteiger partial charge >= 0.3 is 6.03 Å². The number of aliphatic imine (C=N–C) groups is 1. The van der Waals surface area contributed by atoms with Crippen LogP contribution in [-0.2, 0) is 4.79 Å². The van der Waals surface area contributed by atoms with Gasteiger partial charge in [-0.1, -0.05) is 109 Å². The van der Waals surface area contributed by atoms with Crippen LogP contribution in [0.5, 0.6) is 0 Å². The second-order valence-electron chi connectivity index (χ2n) is 9.31. The standard InChI is InChI=1S/C25H46N4O2S/c1-4-6-8-10-11-12-13-14-16-18-20-32-25-26-22-21(23(30)27-24(31)28(22)3)29(25)19-17-15-9-7-5-2/h21-22H,4-20H2,1-3H3,(H,27,30,31). The molecule has 0 aromatic carbocycles. The van der Waals surface area contributed by atoms with Crippen LogP contribution in [0.3, 0.4) is 0 Å². The molecular weight excluding hydrogens is 420 g/mol. The molecule has 6 nitrogen and oxygen atoms in total. The van der Waals surface area contributed by atoms with Crippen molar-refractivity contribution < 1.29 is 9.59 Å². The van der Waals surface area contributed by atoms with Gasteiger partial charge in [-0.05, 0) is 12.8 Å². The zero-order valence-corrected chi connectivity index (χ0v) is 21.6. The van der Waals surface area contributed by atoms with E-state index in [1.807, 2.05) is 0 Å². The van der Waals surface area contributed by atoms with Gasteiger partial charge in [-0.15, -0.1) is 0 Å². The van der Waals surface area contributed by atoms with Gasteiger partial charge in [-0.25, -0.2) is 9.79 Å². The number of fused-ring (bicyclic) bond motifs is 1. The van der Waals surface area contributed by atoms with E-state index in [0.717, 1.165) is 23.9 Å². The van der Waals surface area contributed by atoms with E-state index in [9.17, 15) is 9.59 Å². The van der Waals surface area contributed by atoms with E-state index in [4.69, 9.17) is 4.99 Å². The molecule has 2 aliphatic heterocycles. The Morgan fingerprint density at radius 2 is 1.34 bits per heavy atom. The van der Waals surface area contributed by atoms with Crippen molar-refractivity contribution >= 4 is 28.9 Å². The van der Waals surface area contributed by atoms with Gasteiger partial charge < -0.3 is 9.80 Å². The first kappa shape index (κ1) is 27.0. The fraction of sp³-hybridized carbons (Fsp3) is 0.880. The van der Waals surface area contributed by atoms with Gasteiger partial charge in [0.1, 0.15) is 0 Å². The highest BCUT2D eigenvalue weighted by Crippen LogP contribution is 2.29. The number of nitrogens with one attached hydrogen (secondary N) is 1. The first-order valence-electron chi connectivity index (χ1n) is 13.1. The molecular formula is C25H46N4O2S. The zero-order valence-electron chi connectivity index (χ0n) is 20.7. The summed E-state index contributed by atoms with van der Waals surface area (Å²) >= 11 is 1.77. The second-order valence-corrected chi connectivity index (χ2v) is 10.4. The van der Waals surface area contributed by atoms with Gasteiger partial charge in [0.05, 0.1) is 0 Å². The van der Waals surface area contributed by atoms with Crippen LogP contribution in [0.1, 0.15) is 110 Å². The minimum Gasteiger partial charge on any atom is -0.336 e. The molecule has 1 saturated heterocycles. The normalized spacial score (nSPS) is 20.5. The lowest BCUT2D eigenvalue weighted by molar-refractivity contribution is -0.127. The predicted octanol–water partition coefficient (Wildman–Crippen LogP) is 6.16. The highest BCUT2D eigenvalue weighted by molar-refractivity contribution is 8.13. The van der Waals surface area contributed by atoms with E-state index < -0.39 is 0 Å². The number of imide groups is 1. The summed E-state index contributed by atoms with van der Waals surface area (Å²) in [5, 5.41) is 3.44. The molecule has 1 fully saturated rings. The van der Waals surface area contributed by atoms with Crippen molar-refractivity contribution in [2.24, 2.45) is 4.99 Å². The molecule has 0 aliphatic carbocycles. The van der Waals surface area contributed by atoms with Gasteiger partial charge in [0.25, 0.3) is 5.91 Å². The number of amidine groups is 1. The number of hydrogen-bond donors (Lipinski definition) is 1. The van der Waals surface area contributed by atoms with E-state index in [1.165, 1.54) is 89.9 Å². The van der Waals surface area contributed by atoms with Crippen LogP contribution in [0.15, 0.2) is 4.99 Å². The van der Waals surface area contributed by atoms with Crippen LogP contribution >= 0.6 is 11.8 Å². The number of amides is 3. The molecule has 1 N–H and O–H groups in total. The molecule has 3 amide bonds. The summed E-state index contributed by atoms with van der Waals surface area (Å²) in [6.07, 6.45) is 18.9. The summed E-state index contributed by atoms with van der Waals surface area (Å²) in [7, 11) is 1.73. The average Bonchev–Trinajstić information content (AvgIpc) is 3.15. The quantitative estimate of drug-likeness (QED) is 0.261. The molecule has 0 aromatic rings. The molecule has 184 valence electrons. The minimum atomic E-state index is -0.387. The summed E-state index contributed by atoms with van der Waals surface area (Å²) in [5.74, 6) is 0.824. The SMILES string of the molecule is CCCCCCCCCCCCSC1=NC2C(C(=O)NC(=O)N2C)N1CCCCCCC. The van der Waals surface area contributed by atoms with Crippen molar-refractivity contribution in [2.75, 3.05) is 19.3 Å². The first-order valence-corrected chi connectivity index (χ1v) is 14.1. The van der Waals surface area contributed by atoms with E-state index in [2.05, 4.69) is 24.1 Å². The topological polar surface area (TPSA) is 65.0 Å². The maximum atomic E-state index is 12.6. The molecule has 0 saturated carbocycles. The maximum absolute atomic E-state index is 12.6. The molecule has 0 bridgehead atoms. The molecule has 2 aliphatic rings. The monoisotopic (exact) mass is 466 g/mol. The predicted molar refractivity (Wildman–Crippen MR) is 136 cm³/mol. The van der Waals surface area contributed by atoms with E-state index in [0.29, 0.717) is 0 Å². The zero-order chi connectivity index (χ0) is 23.2. The number of urea groups is 1. The van der Waals surface area contributed by atoms with Crippen LogP contribution in [0.4, 0.5) is 4.79 Å². The summed E-state index contributed by atoms with van der Waals surface area (Å²) in [6.45, 7) is 5.33. The Balaban J connectivity index is 1.74. The lowest BCUT2D eigenvalue weighted by Gasteiger charge is -2.36. The fourth-order valence-electron chi connectivity index (χ4n) is 4.49. The molecule has 0 radical (unpaired) electrons. The van der Waals surface area contributed by atoms with Gasteiger partial charge in [-0.2, -0.15) is 0 Å². The molecule has 2 rings (SSSR count). The van der Waals surface area contributed by atoms with Crippen molar-refractivity contribution in [2.45, 2.75) is 122 Å². The number of nitrogens with zero attached hydrogens (tertiary/aromatic N) is 3. The van der Waals surface area contributed by atoms with E-state index in [1.54, 1.807) is 23.7 Å². The Labute approximate surface area is 200 Å². The number of unbranched alkanes of at least 4 members (excludes halogenated alkanes) is 13. The summed E-state index contributed by atoms with van der Waals surface area (Å²) in [6, 6.07) is -0.720. The third kappa shape index (κ3) is 8.60. The Morgan fingerprint density at radius 3 is 1.94 bits per heavy atom. The third-order valence-corrected chi connectivity index (χ3v) is 7.65. The molecule has 2 unspecified atom stereocenters. The minimum absolute atomic E-state index is 0.204. The van der Waals surface area contributed by atoms with Crippen LogP contribution in [0.2, 0.25) is 0 Å². The van der Waals surface area contributed by atoms with Crippen LogP contribution in [0.25, 0.3) is 0 Å². The van der Waals surface area contributed by atoms with Gasteiger partial charge in [0, 0.05) is 19.3 Å². The maximum Gasteiger partial charge on any atom is 0.325 e. The number of rotatable bonds is 17. The highest BCUT2D eigenvalue weighted by atomic mass is 32.2. The van der Waals surface area contributed by atoms with Gasteiger partial charge in [-0.3, -0.25) is 10.1 Å². The smallest absolute Gasteiger partial charge is 0.325 e. The Morgan fingerprint density at radius 1 is 0.812 bits per heavy atom. The van der Waals surface area contributed by atoms with Crippen molar-refractivity contribution in [3.8, 4) is 0 Å². The number of carbonyl (C=O) groups excluding carboxylic acids is 2. The molecule has 7 heteroatoms. The molecule has 32 heavy (non-hydrogen) atoms. The average molecular weight is 467 g/mol. The highest BCUT2D eigenvalue weighted by Gasteiger charge is 2.48. The number of thioether (sulfide) groups is 1. The van der Waals surface area contributed by atoms with Crippen LogP contribution in [-0.4, -0.2) is 58.5 Å². The largest absolute Gasteiger partial charge is 0.336 e. The molecule has 2 heterocycles. The number of likely N-dealkylation sites (N-methyl/N-ethyl adjacent to an activating group) is 1. The molecule has 0 spiro atoms. The second kappa shape index (κ2) is 15.6.